The Hall–Kier alpha value is -1.82. The van der Waals surface area contributed by atoms with Gasteiger partial charge in [0.05, 0.1) is 13.0 Å². The summed E-state index contributed by atoms with van der Waals surface area (Å²) in [4.78, 5) is 15.3. The maximum Gasteiger partial charge on any atom is 0.224 e. The normalized spacial score (nSPS) is 13.9. The van der Waals surface area contributed by atoms with Crippen LogP contribution in [0, 0.1) is 0 Å². The van der Waals surface area contributed by atoms with Crippen LogP contribution in [0.15, 0.2) is 41.2 Å². The van der Waals surface area contributed by atoms with E-state index < -0.39 is 5.60 Å². The third kappa shape index (κ3) is 3.58. The number of aromatic amines is 1. The van der Waals surface area contributed by atoms with Gasteiger partial charge in [-0.25, -0.2) is 0 Å². The first kappa shape index (κ1) is 16.1. The molecule has 0 aliphatic heterocycles. The molecule has 1 atom stereocenters. The Morgan fingerprint density at radius 3 is 3.00 bits per heavy atom. The number of benzene rings is 1. The molecule has 3 N–H and O–H groups in total. The summed E-state index contributed by atoms with van der Waals surface area (Å²) in [5.41, 5.74) is 1.57. The van der Waals surface area contributed by atoms with E-state index in [9.17, 15) is 9.90 Å². The van der Waals surface area contributed by atoms with E-state index in [0.29, 0.717) is 5.02 Å². The van der Waals surface area contributed by atoms with Crippen molar-refractivity contribution in [1.29, 1.82) is 0 Å². The highest BCUT2D eigenvalue weighted by Crippen LogP contribution is 2.24. The highest BCUT2D eigenvalue weighted by molar-refractivity contribution is 7.08. The lowest BCUT2D eigenvalue weighted by Gasteiger charge is -2.22. The van der Waals surface area contributed by atoms with E-state index in [-0.39, 0.29) is 18.9 Å². The Bertz CT molecular complexity index is 824. The monoisotopic (exact) mass is 348 g/mol. The number of nitrogens with one attached hydrogen (secondary N) is 2. The molecule has 0 bridgehead atoms. The molecule has 1 aromatic carbocycles. The zero-order valence-electron chi connectivity index (χ0n) is 12.6. The number of hydrogen-bond donors (Lipinski definition) is 3. The van der Waals surface area contributed by atoms with E-state index in [1.165, 1.54) is 11.3 Å². The fraction of sp³-hybridized carbons (Fsp3) is 0.235. The quantitative estimate of drug-likeness (QED) is 0.661. The van der Waals surface area contributed by atoms with Crippen molar-refractivity contribution in [3.8, 4) is 0 Å². The first-order valence-electron chi connectivity index (χ1n) is 7.23. The highest BCUT2D eigenvalue weighted by Gasteiger charge is 2.24. The SMILES string of the molecule is CC(O)(CNC(=O)Cc1c[nH]c2ccc(Cl)cc12)c1ccsc1. The molecule has 1 unspecified atom stereocenters. The third-order valence-corrected chi connectivity index (χ3v) is 4.77. The second-order valence-electron chi connectivity index (χ2n) is 5.74. The summed E-state index contributed by atoms with van der Waals surface area (Å²) < 4.78 is 0. The van der Waals surface area contributed by atoms with Gasteiger partial charge in [0, 0.05) is 22.1 Å². The largest absolute Gasteiger partial charge is 0.384 e. The van der Waals surface area contributed by atoms with Crippen LogP contribution in [0.1, 0.15) is 18.1 Å². The molecular weight excluding hydrogens is 332 g/mol. The van der Waals surface area contributed by atoms with Crippen molar-refractivity contribution < 1.29 is 9.90 Å². The summed E-state index contributed by atoms with van der Waals surface area (Å²) in [7, 11) is 0. The van der Waals surface area contributed by atoms with Crippen LogP contribution in [0.25, 0.3) is 10.9 Å². The minimum atomic E-state index is -1.07. The first-order valence-corrected chi connectivity index (χ1v) is 8.55. The topological polar surface area (TPSA) is 65.1 Å². The molecule has 23 heavy (non-hydrogen) atoms. The summed E-state index contributed by atoms with van der Waals surface area (Å²) in [6.45, 7) is 1.87. The molecule has 0 spiro atoms. The van der Waals surface area contributed by atoms with Gasteiger partial charge >= 0.3 is 0 Å². The fourth-order valence-corrected chi connectivity index (χ4v) is 3.43. The number of carbonyl (C=O) groups excluding carboxylic acids is 1. The number of amides is 1. The molecule has 3 aromatic rings. The number of carbonyl (C=O) groups is 1. The van der Waals surface area contributed by atoms with E-state index >= 15 is 0 Å². The number of halogens is 1. The maximum absolute atomic E-state index is 12.2. The molecule has 0 aliphatic rings. The van der Waals surface area contributed by atoms with Crippen LogP contribution in [0.3, 0.4) is 0 Å². The minimum Gasteiger partial charge on any atom is -0.384 e. The van der Waals surface area contributed by atoms with E-state index in [1.807, 2.05) is 41.2 Å². The molecule has 2 heterocycles. The number of hydrogen-bond acceptors (Lipinski definition) is 3. The molecule has 0 saturated carbocycles. The summed E-state index contributed by atoms with van der Waals surface area (Å²) in [5.74, 6) is -0.138. The predicted octanol–water partition coefficient (Wildman–Crippen LogP) is 3.45. The molecular formula is C17H17ClN2O2S. The molecule has 0 fully saturated rings. The highest BCUT2D eigenvalue weighted by atomic mass is 35.5. The molecule has 4 nitrogen and oxygen atoms in total. The maximum atomic E-state index is 12.2. The van der Waals surface area contributed by atoms with Gasteiger partial charge in [-0.2, -0.15) is 11.3 Å². The van der Waals surface area contributed by atoms with Gasteiger partial charge in [0.1, 0.15) is 5.60 Å². The number of aliphatic hydroxyl groups is 1. The molecule has 3 rings (SSSR count). The van der Waals surface area contributed by atoms with Gasteiger partial charge in [0.2, 0.25) is 5.91 Å². The van der Waals surface area contributed by atoms with Gasteiger partial charge in [-0.15, -0.1) is 0 Å². The van der Waals surface area contributed by atoms with Crippen molar-refractivity contribution >= 4 is 39.7 Å². The molecule has 2 aromatic heterocycles. The van der Waals surface area contributed by atoms with E-state index in [0.717, 1.165) is 22.0 Å². The van der Waals surface area contributed by atoms with E-state index in [4.69, 9.17) is 11.6 Å². The Balaban J connectivity index is 1.66. The van der Waals surface area contributed by atoms with Crippen LogP contribution in [-0.4, -0.2) is 22.5 Å². The fourth-order valence-electron chi connectivity index (χ4n) is 2.48. The van der Waals surface area contributed by atoms with Crippen LogP contribution < -0.4 is 5.32 Å². The van der Waals surface area contributed by atoms with Crippen molar-refractivity contribution in [3.63, 3.8) is 0 Å². The second-order valence-corrected chi connectivity index (χ2v) is 6.96. The Morgan fingerprint density at radius 2 is 2.26 bits per heavy atom. The van der Waals surface area contributed by atoms with Crippen LogP contribution >= 0.6 is 22.9 Å². The lowest BCUT2D eigenvalue weighted by Crippen LogP contribution is -2.39. The molecule has 1 amide bonds. The second kappa shape index (κ2) is 6.35. The van der Waals surface area contributed by atoms with Crippen molar-refractivity contribution in [1.82, 2.24) is 10.3 Å². The number of aromatic nitrogens is 1. The number of fused-ring (bicyclic) bond motifs is 1. The molecule has 0 radical (unpaired) electrons. The van der Waals surface area contributed by atoms with Crippen molar-refractivity contribution in [2.75, 3.05) is 6.54 Å². The number of thiophene rings is 1. The third-order valence-electron chi connectivity index (χ3n) is 3.85. The number of H-pyrrole nitrogens is 1. The van der Waals surface area contributed by atoms with Crippen molar-refractivity contribution in [2.24, 2.45) is 0 Å². The lowest BCUT2D eigenvalue weighted by molar-refractivity contribution is -0.121. The van der Waals surface area contributed by atoms with E-state index in [2.05, 4.69) is 10.3 Å². The van der Waals surface area contributed by atoms with Gasteiger partial charge in [-0.1, -0.05) is 11.6 Å². The molecule has 0 saturated heterocycles. The zero-order valence-corrected chi connectivity index (χ0v) is 14.2. The Kier molecular flexibility index (Phi) is 4.43. The van der Waals surface area contributed by atoms with Gasteiger partial charge < -0.3 is 15.4 Å². The number of rotatable bonds is 5. The van der Waals surface area contributed by atoms with Gasteiger partial charge in [0.25, 0.3) is 0 Å². The van der Waals surface area contributed by atoms with Crippen LogP contribution in [0.5, 0.6) is 0 Å². The van der Waals surface area contributed by atoms with E-state index in [1.54, 1.807) is 6.92 Å². The summed E-state index contributed by atoms with van der Waals surface area (Å²) in [6, 6.07) is 7.40. The average molecular weight is 349 g/mol. The van der Waals surface area contributed by atoms with Gasteiger partial charge in [-0.3, -0.25) is 4.79 Å². The van der Waals surface area contributed by atoms with Gasteiger partial charge in [-0.05, 0) is 53.1 Å². The van der Waals surface area contributed by atoms with Gasteiger partial charge in [0.15, 0.2) is 0 Å². The Morgan fingerprint density at radius 1 is 1.43 bits per heavy atom. The summed E-state index contributed by atoms with van der Waals surface area (Å²) in [5, 5.41) is 18.6. The van der Waals surface area contributed by atoms with Crippen molar-refractivity contribution in [3.05, 3.63) is 57.4 Å². The molecule has 0 aliphatic carbocycles. The smallest absolute Gasteiger partial charge is 0.224 e. The molecule has 120 valence electrons. The predicted molar refractivity (Wildman–Crippen MR) is 93.9 cm³/mol. The van der Waals surface area contributed by atoms with Crippen LogP contribution in [-0.2, 0) is 16.8 Å². The summed E-state index contributed by atoms with van der Waals surface area (Å²) in [6.07, 6.45) is 2.05. The zero-order chi connectivity index (χ0) is 16.4. The lowest BCUT2D eigenvalue weighted by atomic mass is 9.99. The van der Waals surface area contributed by atoms with Crippen molar-refractivity contribution in [2.45, 2.75) is 18.9 Å². The minimum absolute atomic E-state index is 0.138. The first-order chi connectivity index (χ1) is 11.0. The summed E-state index contributed by atoms with van der Waals surface area (Å²) >= 11 is 7.53. The molecule has 6 heteroatoms. The van der Waals surface area contributed by atoms with Crippen LogP contribution in [0.2, 0.25) is 5.02 Å². The Labute approximate surface area is 143 Å². The standard InChI is InChI=1S/C17H17ClN2O2S/c1-17(22,12-4-5-23-9-12)10-20-16(21)6-11-8-19-15-3-2-13(18)7-14(11)15/h2-5,7-9,19,22H,6,10H2,1H3,(H,20,21). The van der Waals surface area contributed by atoms with Crippen LogP contribution in [0.4, 0.5) is 0 Å². The average Bonchev–Trinajstić information content (AvgIpc) is 3.16.